The second kappa shape index (κ2) is 9.36. The van der Waals surface area contributed by atoms with Gasteiger partial charge in [0.2, 0.25) is 0 Å². The SMILES string of the molecule is CC(=O)O[C@@H]1[C@@H](OC(C)=O)[C@H](OC(C)=O)CS[C@H]1Oc1cc(Br)cnc1F. The molecule has 148 valence electrons. The van der Waals surface area contributed by atoms with Crippen molar-refractivity contribution in [2.45, 2.75) is 44.5 Å². The first-order valence-corrected chi connectivity index (χ1v) is 9.62. The Kier molecular flexibility index (Phi) is 7.42. The highest BCUT2D eigenvalue weighted by molar-refractivity contribution is 9.10. The van der Waals surface area contributed by atoms with Crippen LogP contribution in [-0.4, -0.2) is 52.4 Å². The zero-order chi connectivity index (χ0) is 20.1. The van der Waals surface area contributed by atoms with Crippen LogP contribution in [0.4, 0.5) is 4.39 Å². The van der Waals surface area contributed by atoms with Crippen LogP contribution < -0.4 is 4.74 Å². The molecule has 0 bridgehead atoms. The summed E-state index contributed by atoms with van der Waals surface area (Å²) in [6, 6.07) is 1.37. The Balaban J connectivity index is 2.32. The number of halogens is 2. The molecular formula is C16H17BrFNO7S. The van der Waals surface area contributed by atoms with Gasteiger partial charge in [0, 0.05) is 43.3 Å². The Morgan fingerprint density at radius 2 is 1.70 bits per heavy atom. The molecule has 1 aliphatic rings. The maximum Gasteiger partial charge on any atom is 0.303 e. The Bertz CT molecular complexity index is 735. The van der Waals surface area contributed by atoms with Gasteiger partial charge in [-0.05, 0) is 15.9 Å². The van der Waals surface area contributed by atoms with Gasteiger partial charge in [-0.25, -0.2) is 4.98 Å². The van der Waals surface area contributed by atoms with Crippen LogP contribution in [0.3, 0.4) is 0 Å². The highest BCUT2D eigenvalue weighted by Gasteiger charge is 2.47. The van der Waals surface area contributed by atoms with Gasteiger partial charge in [0.1, 0.15) is 0 Å². The zero-order valence-corrected chi connectivity index (χ0v) is 17.0. The number of ether oxygens (including phenoxy) is 4. The van der Waals surface area contributed by atoms with Gasteiger partial charge in [-0.3, -0.25) is 14.4 Å². The molecule has 0 saturated carbocycles. The van der Waals surface area contributed by atoms with Crippen LogP contribution in [0.2, 0.25) is 0 Å². The summed E-state index contributed by atoms with van der Waals surface area (Å²) in [7, 11) is 0. The lowest BCUT2D eigenvalue weighted by molar-refractivity contribution is -0.186. The van der Waals surface area contributed by atoms with Crippen molar-refractivity contribution >= 4 is 45.6 Å². The Morgan fingerprint density at radius 3 is 2.30 bits per heavy atom. The van der Waals surface area contributed by atoms with E-state index in [1.165, 1.54) is 33.0 Å². The van der Waals surface area contributed by atoms with E-state index in [9.17, 15) is 18.8 Å². The van der Waals surface area contributed by atoms with Gasteiger partial charge >= 0.3 is 17.9 Å². The van der Waals surface area contributed by atoms with Crippen LogP contribution in [-0.2, 0) is 28.6 Å². The molecule has 27 heavy (non-hydrogen) atoms. The molecular weight excluding hydrogens is 449 g/mol. The molecule has 0 spiro atoms. The van der Waals surface area contributed by atoms with Crippen LogP contribution in [0.1, 0.15) is 20.8 Å². The van der Waals surface area contributed by atoms with Crippen LogP contribution in [0.25, 0.3) is 0 Å². The molecule has 2 rings (SSSR count). The first kappa shape index (κ1) is 21.4. The number of pyridine rings is 1. The molecule has 4 atom stereocenters. The lowest BCUT2D eigenvalue weighted by Crippen LogP contribution is -2.55. The number of carbonyl (C=O) groups is 3. The first-order chi connectivity index (χ1) is 12.7. The molecule has 1 fully saturated rings. The van der Waals surface area contributed by atoms with Gasteiger partial charge < -0.3 is 18.9 Å². The molecule has 0 unspecified atom stereocenters. The highest BCUT2D eigenvalue weighted by atomic mass is 79.9. The average molecular weight is 466 g/mol. The molecule has 0 radical (unpaired) electrons. The minimum absolute atomic E-state index is 0.175. The third-order valence-corrected chi connectivity index (χ3v) is 4.97. The lowest BCUT2D eigenvalue weighted by atomic mass is 10.1. The summed E-state index contributed by atoms with van der Waals surface area (Å²) in [6.07, 6.45) is -1.83. The van der Waals surface area contributed by atoms with E-state index in [0.717, 1.165) is 11.8 Å². The topological polar surface area (TPSA) is 101 Å². The molecule has 0 aromatic carbocycles. The fraction of sp³-hybridized carbons (Fsp3) is 0.500. The Hall–Kier alpha value is -1.88. The van der Waals surface area contributed by atoms with Crippen LogP contribution in [0.15, 0.2) is 16.7 Å². The largest absolute Gasteiger partial charge is 0.471 e. The second-order valence-corrected chi connectivity index (χ2v) is 7.60. The molecule has 0 amide bonds. The fourth-order valence-electron chi connectivity index (χ4n) is 2.42. The fourth-order valence-corrected chi connectivity index (χ4v) is 3.94. The molecule has 8 nitrogen and oxygen atoms in total. The van der Waals surface area contributed by atoms with Gasteiger partial charge in [0.25, 0.3) is 5.95 Å². The summed E-state index contributed by atoms with van der Waals surface area (Å²) < 4.78 is 35.7. The number of thioether (sulfide) groups is 1. The third kappa shape index (κ3) is 6.06. The van der Waals surface area contributed by atoms with E-state index in [4.69, 9.17) is 18.9 Å². The number of aromatic nitrogens is 1. The molecule has 1 aliphatic heterocycles. The summed E-state index contributed by atoms with van der Waals surface area (Å²) in [6.45, 7) is 3.55. The van der Waals surface area contributed by atoms with Crippen molar-refractivity contribution in [3.63, 3.8) is 0 Å². The summed E-state index contributed by atoms with van der Waals surface area (Å²) in [4.78, 5) is 38.0. The van der Waals surface area contributed by atoms with Crippen molar-refractivity contribution in [2.75, 3.05) is 5.75 Å². The number of hydrogen-bond donors (Lipinski definition) is 0. The van der Waals surface area contributed by atoms with E-state index in [1.807, 2.05) is 0 Å². The number of esters is 3. The van der Waals surface area contributed by atoms with E-state index in [2.05, 4.69) is 20.9 Å². The lowest BCUT2D eigenvalue weighted by Gasteiger charge is -2.39. The van der Waals surface area contributed by atoms with E-state index in [-0.39, 0.29) is 11.5 Å². The summed E-state index contributed by atoms with van der Waals surface area (Å²) in [5.74, 6) is -2.75. The smallest absolute Gasteiger partial charge is 0.303 e. The Labute approximate surface area is 167 Å². The van der Waals surface area contributed by atoms with Crippen LogP contribution in [0, 0.1) is 5.95 Å². The van der Waals surface area contributed by atoms with E-state index < -0.39 is 47.6 Å². The van der Waals surface area contributed by atoms with Crippen molar-refractivity contribution in [1.82, 2.24) is 4.98 Å². The normalized spacial score (nSPS) is 24.6. The predicted molar refractivity (Wildman–Crippen MR) is 95.4 cm³/mol. The van der Waals surface area contributed by atoms with Gasteiger partial charge in [0.05, 0.1) is 0 Å². The van der Waals surface area contributed by atoms with Crippen molar-refractivity contribution in [1.29, 1.82) is 0 Å². The molecule has 2 heterocycles. The van der Waals surface area contributed by atoms with Crippen molar-refractivity contribution in [3.05, 3.63) is 22.7 Å². The molecule has 0 N–H and O–H groups in total. The molecule has 1 aromatic heterocycles. The number of nitrogens with zero attached hydrogens (tertiary/aromatic N) is 1. The van der Waals surface area contributed by atoms with Crippen LogP contribution >= 0.6 is 27.7 Å². The minimum atomic E-state index is -1.13. The maximum absolute atomic E-state index is 13.9. The van der Waals surface area contributed by atoms with E-state index in [1.54, 1.807) is 0 Å². The van der Waals surface area contributed by atoms with E-state index in [0.29, 0.717) is 4.47 Å². The summed E-state index contributed by atoms with van der Waals surface area (Å²) in [5.41, 5.74) is -0.921. The quantitative estimate of drug-likeness (QED) is 0.367. The first-order valence-electron chi connectivity index (χ1n) is 7.78. The standard InChI is InChI=1S/C16H17BrFNO7S/c1-7(20)23-12-6-27-16(26-11-4-10(17)5-19-15(11)18)14(25-9(3)22)13(12)24-8(2)21/h4-5,12-14,16H,6H2,1-3H3/t12-,13+,14-,16-/m1/s1. The Morgan fingerprint density at radius 1 is 1.11 bits per heavy atom. The monoisotopic (exact) mass is 465 g/mol. The molecule has 11 heteroatoms. The predicted octanol–water partition coefficient (Wildman–Crippen LogP) is 2.23. The molecule has 0 aliphatic carbocycles. The van der Waals surface area contributed by atoms with Crippen molar-refractivity contribution < 1.29 is 37.7 Å². The van der Waals surface area contributed by atoms with Gasteiger partial charge in [0.15, 0.2) is 29.5 Å². The van der Waals surface area contributed by atoms with Crippen molar-refractivity contribution in [2.24, 2.45) is 0 Å². The summed E-state index contributed by atoms with van der Waals surface area (Å²) >= 11 is 4.30. The van der Waals surface area contributed by atoms with Gasteiger partial charge in [-0.1, -0.05) is 0 Å². The van der Waals surface area contributed by atoms with Crippen molar-refractivity contribution in [3.8, 4) is 5.75 Å². The molecule has 1 saturated heterocycles. The van der Waals surface area contributed by atoms with Gasteiger partial charge in [-0.15, -0.1) is 11.8 Å². The minimum Gasteiger partial charge on any atom is -0.471 e. The maximum atomic E-state index is 13.9. The number of hydrogen-bond acceptors (Lipinski definition) is 9. The zero-order valence-electron chi connectivity index (χ0n) is 14.6. The number of carbonyl (C=O) groups excluding carboxylic acids is 3. The number of rotatable bonds is 5. The van der Waals surface area contributed by atoms with E-state index >= 15 is 0 Å². The van der Waals surface area contributed by atoms with Gasteiger partial charge in [-0.2, -0.15) is 4.39 Å². The van der Waals surface area contributed by atoms with Crippen LogP contribution in [0.5, 0.6) is 5.75 Å². The average Bonchev–Trinajstić information content (AvgIpc) is 2.55. The third-order valence-electron chi connectivity index (χ3n) is 3.32. The summed E-state index contributed by atoms with van der Waals surface area (Å²) in [5, 5.41) is 0. The highest BCUT2D eigenvalue weighted by Crippen LogP contribution is 2.35. The molecule has 1 aromatic rings. The second-order valence-electron chi connectivity index (χ2n) is 5.56.